The third-order valence-electron chi connectivity index (χ3n) is 5.14. The van der Waals surface area contributed by atoms with Gasteiger partial charge in [0.1, 0.15) is 0 Å². The summed E-state index contributed by atoms with van der Waals surface area (Å²) in [5.41, 5.74) is 0.953. The smallest absolute Gasteiger partial charge is 0.338 e. The number of hydrogen-bond acceptors (Lipinski definition) is 7. The van der Waals surface area contributed by atoms with Crippen molar-refractivity contribution in [3.05, 3.63) is 108 Å². The van der Waals surface area contributed by atoms with Crippen molar-refractivity contribution in [2.75, 3.05) is 6.61 Å². The molecule has 0 amide bonds. The molecule has 3 aromatic rings. The van der Waals surface area contributed by atoms with Gasteiger partial charge in [0.15, 0.2) is 23.3 Å². The molecule has 4 atom stereocenters. The molecule has 1 saturated heterocycles. The number of carbonyl (C=O) groups is 3. The highest BCUT2D eigenvalue weighted by Gasteiger charge is 2.47. The third kappa shape index (κ3) is 5.70. The van der Waals surface area contributed by atoms with Crippen LogP contribution in [0.1, 0.15) is 31.1 Å². The van der Waals surface area contributed by atoms with Crippen LogP contribution in [0.25, 0.3) is 0 Å². The molecule has 1 fully saturated rings. The Morgan fingerprint density at radius 2 is 1.00 bits per heavy atom. The molecule has 1 heterocycles. The molecule has 0 unspecified atom stereocenters. The van der Waals surface area contributed by atoms with E-state index < -0.39 is 41.2 Å². The van der Waals surface area contributed by atoms with Crippen LogP contribution in [0.3, 0.4) is 0 Å². The SMILES string of the molecule is O=C(O[C@@H]1[C@H](OC(=O)c2ccccc2)[C@@H](OC(=O)c2ccccc2)CO[C@@H]1Br)c1ccccc1. The first kappa shape index (κ1) is 23.7. The summed E-state index contributed by atoms with van der Waals surface area (Å²) in [7, 11) is 0. The van der Waals surface area contributed by atoms with Crippen LogP contribution in [0.2, 0.25) is 0 Å². The summed E-state index contributed by atoms with van der Waals surface area (Å²) < 4.78 is 22.7. The number of halogens is 1. The summed E-state index contributed by atoms with van der Waals surface area (Å²) >= 11 is 3.35. The number of carbonyl (C=O) groups excluding carboxylic acids is 3. The largest absolute Gasteiger partial charge is 0.452 e. The standard InChI is InChI=1S/C26H21BrO7/c27-23-22(34-26(30)19-14-8-3-9-15-19)21(33-25(29)18-12-6-2-7-13-18)20(16-31-23)32-24(28)17-10-4-1-5-11-17/h1-15,20-23H,16H2/t20-,21+,22+,23-/m0/s1. The zero-order chi connectivity index (χ0) is 23.9. The summed E-state index contributed by atoms with van der Waals surface area (Å²) in [6.45, 7) is -0.0688. The average Bonchev–Trinajstić information content (AvgIpc) is 2.89. The number of hydrogen-bond donors (Lipinski definition) is 0. The lowest BCUT2D eigenvalue weighted by atomic mass is 10.0. The average molecular weight is 525 g/mol. The minimum atomic E-state index is -1.12. The quantitative estimate of drug-likeness (QED) is 0.268. The molecule has 7 nitrogen and oxygen atoms in total. The lowest BCUT2D eigenvalue weighted by Crippen LogP contribution is -2.56. The Balaban J connectivity index is 1.59. The van der Waals surface area contributed by atoms with E-state index in [1.54, 1.807) is 91.0 Å². The van der Waals surface area contributed by atoms with Gasteiger partial charge in [-0.3, -0.25) is 0 Å². The Labute approximate surface area is 204 Å². The number of alkyl halides is 1. The van der Waals surface area contributed by atoms with Crippen LogP contribution < -0.4 is 0 Å². The van der Waals surface area contributed by atoms with Crippen LogP contribution in [-0.4, -0.2) is 47.8 Å². The monoisotopic (exact) mass is 524 g/mol. The van der Waals surface area contributed by atoms with Crippen molar-refractivity contribution >= 4 is 33.8 Å². The predicted octanol–water partition coefficient (Wildman–Crippen LogP) is 4.41. The van der Waals surface area contributed by atoms with Crippen LogP contribution >= 0.6 is 15.9 Å². The van der Waals surface area contributed by atoms with Crippen LogP contribution in [0.5, 0.6) is 0 Å². The first-order chi connectivity index (χ1) is 16.5. The highest BCUT2D eigenvalue weighted by Crippen LogP contribution is 2.29. The van der Waals surface area contributed by atoms with Gasteiger partial charge in [-0.1, -0.05) is 70.5 Å². The van der Waals surface area contributed by atoms with Crippen molar-refractivity contribution < 1.29 is 33.3 Å². The molecule has 174 valence electrons. The molecule has 3 aromatic carbocycles. The highest BCUT2D eigenvalue weighted by atomic mass is 79.9. The van der Waals surface area contributed by atoms with E-state index in [4.69, 9.17) is 18.9 Å². The van der Waals surface area contributed by atoms with Crippen molar-refractivity contribution in [1.29, 1.82) is 0 Å². The van der Waals surface area contributed by atoms with Gasteiger partial charge in [-0.05, 0) is 36.4 Å². The number of esters is 3. The molecule has 0 aliphatic carbocycles. The Bertz CT molecular complexity index is 1120. The first-order valence-corrected chi connectivity index (χ1v) is 11.5. The Hall–Kier alpha value is -3.49. The molecule has 0 radical (unpaired) electrons. The number of ether oxygens (including phenoxy) is 4. The van der Waals surface area contributed by atoms with Gasteiger partial charge in [-0.2, -0.15) is 0 Å². The van der Waals surface area contributed by atoms with Crippen LogP contribution in [-0.2, 0) is 18.9 Å². The van der Waals surface area contributed by atoms with E-state index in [1.807, 2.05) is 0 Å². The molecule has 0 saturated carbocycles. The van der Waals surface area contributed by atoms with Crippen molar-refractivity contribution in [3.63, 3.8) is 0 Å². The zero-order valence-corrected chi connectivity index (χ0v) is 19.5. The lowest BCUT2D eigenvalue weighted by Gasteiger charge is -2.38. The minimum Gasteiger partial charge on any atom is -0.452 e. The fourth-order valence-electron chi connectivity index (χ4n) is 3.41. The van der Waals surface area contributed by atoms with Crippen molar-refractivity contribution in [2.24, 2.45) is 0 Å². The molecular formula is C26H21BrO7. The molecule has 0 bridgehead atoms. The molecule has 1 aliphatic rings. The maximum Gasteiger partial charge on any atom is 0.338 e. The van der Waals surface area contributed by atoms with Crippen LogP contribution in [0.4, 0.5) is 0 Å². The summed E-state index contributed by atoms with van der Waals surface area (Å²) in [5, 5.41) is -0.791. The second kappa shape index (κ2) is 11.1. The summed E-state index contributed by atoms with van der Waals surface area (Å²) in [5.74, 6) is -1.89. The first-order valence-electron chi connectivity index (χ1n) is 10.6. The zero-order valence-electron chi connectivity index (χ0n) is 17.9. The Morgan fingerprint density at radius 1 is 0.618 bits per heavy atom. The maximum atomic E-state index is 12.9. The molecule has 8 heteroatoms. The van der Waals surface area contributed by atoms with Crippen molar-refractivity contribution in [2.45, 2.75) is 23.3 Å². The Kier molecular flexibility index (Phi) is 7.72. The van der Waals surface area contributed by atoms with E-state index in [-0.39, 0.29) is 6.61 Å². The van der Waals surface area contributed by atoms with Gasteiger partial charge in [0.2, 0.25) is 0 Å². The van der Waals surface area contributed by atoms with E-state index in [2.05, 4.69) is 15.9 Å². The number of benzene rings is 3. The normalized spacial score (nSPS) is 21.8. The Morgan fingerprint density at radius 3 is 1.44 bits per heavy atom. The summed E-state index contributed by atoms with van der Waals surface area (Å²) in [6.07, 6.45) is -3.21. The summed E-state index contributed by atoms with van der Waals surface area (Å²) in [6, 6.07) is 25.2. The van der Waals surface area contributed by atoms with Gasteiger partial charge in [0, 0.05) is 0 Å². The van der Waals surface area contributed by atoms with Crippen molar-refractivity contribution in [1.82, 2.24) is 0 Å². The van der Waals surface area contributed by atoms with Crippen LogP contribution in [0.15, 0.2) is 91.0 Å². The third-order valence-corrected chi connectivity index (χ3v) is 5.93. The minimum absolute atomic E-state index is 0.0688. The van der Waals surface area contributed by atoms with E-state index in [9.17, 15) is 14.4 Å². The van der Waals surface area contributed by atoms with Gasteiger partial charge in [-0.25, -0.2) is 14.4 Å². The van der Waals surface area contributed by atoms with E-state index in [0.717, 1.165) is 0 Å². The van der Waals surface area contributed by atoms with Gasteiger partial charge in [0.05, 0.1) is 23.3 Å². The molecule has 34 heavy (non-hydrogen) atoms. The van der Waals surface area contributed by atoms with Gasteiger partial charge < -0.3 is 18.9 Å². The fraction of sp³-hybridized carbons (Fsp3) is 0.192. The number of rotatable bonds is 6. The summed E-state index contributed by atoms with van der Waals surface area (Å²) in [4.78, 5) is 38.3. The van der Waals surface area contributed by atoms with E-state index in [0.29, 0.717) is 16.7 Å². The molecule has 1 aliphatic heterocycles. The predicted molar refractivity (Wildman–Crippen MR) is 126 cm³/mol. The second-order valence-electron chi connectivity index (χ2n) is 7.47. The fourth-order valence-corrected chi connectivity index (χ4v) is 3.97. The van der Waals surface area contributed by atoms with Gasteiger partial charge in [0.25, 0.3) is 0 Å². The lowest BCUT2D eigenvalue weighted by molar-refractivity contribution is -0.165. The topological polar surface area (TPSA) is 88.1 Å². The highest BCUT2D eigenvalue weighted by molar-refractivity contribution is 9.09. The van der Waals surface area contributed by atoms with E-state index >= 15 is 0 Å². The molecular weight excluding hydrogens is 504 g/mol. The van der Waals surface area contributed by atoms with Crippen molar-refractivity contribution in [3.8, 4) is 0 Å². The molecule has 0 aromatic heterocycles. The molecule has 4 rings (SSSR count). The maximum absolute atomic E-state index is 12.9. The van der Waals surface area contributed by atoms with E-state index in [1.165, 1.54) is 0 Å². The molecule has 0 spiro atoms. The second-order valence-corrected chi connectivity index (χ2v) is 8.37. The molecule has 0 N–H and O–H groups in total. The van der Waals surface area contributed by atoms with Crippen LogP contribution in [0, 0.1) is 0 Å². The van der Waals surface area contributed by atoms with Gasteiger partial charge in [-0.15, -0.1) is 0 Å². The van der Waals surface area contributed by atoms with Gasteiger partial charge >= 0.3 is 17.9 Å².